The largest absolute Gasteiger partial charge is 0.417 e. The van der Waals surface area contributed by atoms with Crippen LogP contribution in [0.4, 0.5) is 30.2 Å². The van der Waals surface area contributed by atoms with Crippen molar-refractivity contribution in [1.29, 1.82) is 0 Å². The SMILES string of the molecule is N/C=C(\C=Nc1ccc(Cl)c(C(F)(F)F)c1)C(=O)c1cc(N2CCCCC2)ccc1N. The van der Waals surface area contributed by atoms with Crippen molar-refractivity contribution in [2.75, 3.05) is 23.7 Å². The number of nitrogens with two attached hydrogens (primary N) is 2. The van der Waals surface area contributed by atoms with Gasteiger partial charge in [-0.1, -0.05) is 11.6 Å². The third-order valence-electron chi connectivity index (χ3n) is 5.05. The number of hydrogen-bond acceptors (Lipinski definition) is 5. The number of carbonyl (C=O) groups excluding carboxylic acids is 1. The van der Waals surface area contributed by atoms with Gasteiger partial charge < -0.3 is 16.4 Å². The summed E-state index contributed by atoms with van der Waals surface area (Å²) in [5, 5.41) is -0.431. The summed E-state index contributed by atoms with van der Waals surface area (Å²) >= 11 is 5.62. The maximum atomic E-state index is 13.0. The molecule has 9 heteroatoms. The van der Waals surface area contributed by atoms with Crippen molar-refractivity contribution in [3.63, 3.8) is 0 Å². The molecule has 0 bridgehead atoms. The molecule has 1 heterocycles. The molecule has 2 aromatic rings. The van der Waals surface area contributed by atoms with Crippen LogP contribution in [0.25, 0.3) is 0 Å². The first-order valence-electron chi connectivity index (χ1n) is 9.72. The van der Waals surface area contributed by atoms with Crippen LogP contribution in [0.1, 0.15) is 35.2 Å². The molecule has 3 rings (SSSR count). The van der Waals surface area contributed by atoms with Gasteiger partial charge in [0.1, 0.15) is 0 Å². The van der Waals surface area contributed by atoms with Crippen molar-refractivity contribution in [3.05, 3.63) is 64.3 Å². The number of rotatable bonds is 5. The first-order valence-corrected chi connectivity index (χ1v) is 10.1. The third-order valence-corrected chi connectivity index (χ3v) is 5.38. The van der Waals surface area contributed by atoms with E-state index in [1.54, 1.807) is 12.1 Å². The van der Waals surface area contributed by atoms with Gasteiger partial charge in [-0.15, -0.1) is 0 Å². The van der Waals surface area contributed by atoms with Gasteiger partial charge in [0.05, 0.1) is 21.8 Å². The Labute approximate surface area is 183 Å². The van der Waals surface area contributed by atoms with Crippen LogP contribution in [0.3, 0.4) is 0 Å². The molecule has 0 spiro atoms. The minimum Gasteiger partial charge on any atom is -0.404 e. The smallest absolute Gasteiger partial charge is 0.404 e. The Morgan fingerprint density at radius 2 is 1.81 bits per heavy atom. The molecular weight excluding hydrogens is 429 g/mol. The quantitative estimate of drug-likeness (QED) is 0.278. The van der Waals surface area contributed by atoms with E-state index in [0.29, 0.717) is 0 Å². The van der Waals surface area contributed by atoms with Gasteiger partial charge in [-0.25, -0.2) is 0 Å². The normalized spacial score (nSPS) is 15.5. The molecule has 1 saturated heterocycles. The van der Waals surface area contributed by atoms with Crippen LogP contribution in [0.2, 0.25) is 5.02 Å². The Balaban J connectivity index is 1.86. The number of Topliss-reactive ketones (excluding diaryl/α,β-unsaturated/α-hetero) is 1. The van der Waals surface area contributed by atoms with Gasteiger partial charge >= 0.3 is 6.18 Å². The second kappa shape index (κ2) is 9.43. The summed E-state index contributed by atoms with van der Waals surface area (Å²) < 4.78 is 39.1. The number of benzene rings is 2. The number of nitrogen functional groups attached to an aromatic ring is 1. The van der Waals surface area contributed by atoms with Crippen LogP contribution in [0.5, 0.6) is 0 Å². The first-order chi connectivity index (χ1) is 14.7. The highest BCUT2D eigenvalue weighted by Gasteiger charge is 2.33. The van der Waals surface area contributed by atoms with Crippen molar-refractivity contribution < 1.29 is 18.0 Å². The molecule has 0 aromatic heterocycles. The standard InChI is InChI=1S/C22H22ClF3N4O/c23-19-6-4-15(10-18(19)22(24,25)26)29-13-14(12-27)21(31)17-11-16(5-7-20(17)28)30-8-2-1-3-9-30/h4-7,10-13H,1-3,8-9,27-28H2/b14-12+,29-13?. The Kier molecular flexibility index (Phi) is 6.90. The molecule has 0 amide bonds. The van der Waals surface area contributed by atoms with E-state index in [-0.39, 0.29) is 22.5 Å². The molecule has 0 saturated carbocycles. The highest BCUT2D eigenvalue weighted by atomic mass is 35.5. The van der Waals surface area contributed by atoms with Gasteiger partial charge in [0.2, 0.25) is 0 Å². The molecule has 4 N–H and O–H groups in total. The van der Waals surface area contributed by atoms with E-state index < -0.39 is 22.5 Å². The van der Waals surface area contributed by atoms with Gasteiger partial charge in [0.15, 0.2) is 5.78 Å². The van der Waals surface area contributed by atoms with Crippen molar-refractivity contribution in [3.8, 4) is 0 Å². The van der Waals surface area contributed by atoms with E-state index in [1.165, 1.54) is 12.5 Å². The average molecular weight is 451 g/mol. The average Bonchev–Trinajstić information content (AvgIpc) is 2.75. The molecule has 1 aliphatic rings. The molecular formula is C22H22ClF3N4O. The lowest BCUT2D eigenvalue weighted by Gasteiger charge is -2.29. The van der Waals surface area contributed by atoms with Gasteiger partial charge in [-0.05, 0) is 55.7 Å². The summed E-state index contributed by atoms with van der Waals surface area (Å²) in [7, 11) is 0. The highest BCUT2D eigenvalue weighted by Crippen LogP contribution is 2.36. The highest BCUT2D eigenvalue weighted by molar-refractivity contribution is 6.31. The van der Waals surface area contributed by atoms with Gasteiger partial charge in [0.25, 0.3) is 0 Å². The van der Waals surface area contributed by atoms with Gasteiger partial charge in [-0.3, -0.25) is 9.79 Å². The fourth-order valence-corrected chi connectivity index (χ4v) is 3.60. The van der Waals surface area contributed by atoms with E-state index in [1.807, 2.05) is 6.07 Å². The Morgan fingerprint density at radius 3 is 2.45 bits per heavy atom. The fraction of sp³-hybridized carbons (Fsp3) is 0.273. The molecule has 0 unspecified atom stereocenters. The number of allylic oxidation sites excluding steroid dienone is 1. The predicted octanol–water partition coefficient (Wildman–Crippen LogP) is 5.36. The molecule has 31 heavy (non-hydrogen) atoms. The van der Waals surface area contributed by atoms with E-state index in [2.05, 4.69) is 9.89 Å². The Bertz CT molecular complexity index is 1030. The zero-order valence-corrected chi connectivity index (χ0v) is 17.4. The summed E-state index contributed by atoms with van der Waals surface area (Å²) in [6.07, 6.45) is 0.894. The predicted molar refractivity (Wildman–Crippen MR) is 118 cm³/mol. The number of alkyl halides is 3. The monoisotopic (exact) mass is 450 g/mol. The maximum Gasteiger partial charge on any atom is 0.417 e. The van der Waals surface area contributed by atoms with Crippen LogP contribution >= 0.6 is 11.6 Å². The minimum absolute atomic E-state index is 0.00556. The van der Waals surface area contributed by atoms with E-state index in [9.17, 15) is 18.0 Å². The summed E-state index contributed by atoms with van der Waals surface area (Å²) in [4.78, 5) is 19.2. The molecule has 0 radical (unpaired) electrons. The molecule has 2 aromatic carbocycles. The van der Waals surface area contributed by atoms with Crippen molar-refractivity contribution >= 4 is 40.7 Å². The lowest BCUT2D eigenvalue weighted by Crippen LogP contribution is -2.29. The molecule has 0 atom stereocenters. The minimum atomic E-state index is -4.62. The van der Waals surface area contributed by atoms with Gasteiger partial charge in [-0.2, -0.15) is 13.2 Å². The molecule has 1 aliphatic heterocycles. The molecule has 5 nitrogen and oxygen atoms in total. The number of hydrogen-bond donors (Lipinski definition) is 2. The topological polar surface area (TPSA) is 84.7 Å². The number of ketones is 1. The number of carbonyl (C=O) groups is 1. The second-order valence-corrected chi connectivity index (χ2v) is 7.60. The zero-order valence-electron chi connectivity index (χ0n) is 16.6. The van der Waals surface area contributed by atoms with Crippen LogP contribution in [0.15, 0.2) is 53.2 Å². The van der Waals surface area contributed by atoms with Crippen molar-refractivity contribution in [1.82, 2.24) is 0 Å². The van der Waals surface area contributed by atoms with Crippen LogP contribution in [-0.2, 0) is 6.18 Å². The summed E-state index contributed by atoms with van der Waals surface area (Å²) in [6.45, 7) is 1.80. The van der Waals surface area contributed by atoms with E-state index in [0.717, 1.165) is 56.2 Å². The van der Waals surface area contributed by atoms with Crippen LogP contribution in [0, 0.1) is 0 Å². The lowest BCUT2D eigenvalue weighted by molar-refractivity contribution is -0.137. The number of anilines is 2. The van der Waals surface area contributed by atoms with E-state index in [4.69, 9.17) is 23.1 Å². The molecule has 0 aliphatic carbocycles. The Hall–Kier alpha value is -3.00. The lowest BCUT2D eigenvalue weighted by atomic mass is 10.0. The van der Waals surface area contributed by atoms with Crippen LogP contribution in [-0.4, -0.2) is 25.1 Å². The number of nitrogens with zero attached hydrogens (tertiary/aromatic N) is 2. The summed E-state index contributed by atoms with van der Waals surface area (Å²) in [5.41, 5.74) is 12.0. The van der Waals surface area contributed by atoms with E-state index >= 15 is 0 Å². The molecule has 164 valence electrons. The van der Waals surface area contributed by atoms with Crippen LogP contribution < -0.4 is 16.4 Å². The number of piperidine rings is 1. The maximum absolute atomic E-state index is 13.0. The number of halogens is 4. The van der Waals surface area contributed by atoms with Crippen molar-refractivity contribution in [2.45, 2.75) is 25.4 Å². The van der Waals surface area contributed by atoms with Crippen molar-refractivity contribution in [2.24, 2.45) is 10.7 Å². The van der Waals surface area contributed by atoms with Gasteiger partial charge in [0, 0.05) is 42.4 Å². The molecule has 1 fully saturated rings. The number of aliphatic imine (C=N–C) groups is 1. The Morgan fingerprint density at radius 1 is 1.10 bits per heavy atom. The fourth-order valence-electron chi connectivity index (χ4n) is 3.38. The summed E-state index contributed by atoms with van der Waals surface area (Å²) in [5.74, 6) is -0.465. The first kappa shape index (κ1) is 22.7. The second-order valence-electron chi connectivity index (χ2n) is 7.19. The summed E-state index contributed by atoms with van der Waals surface area (Å²) in [6, 6.07) is 8.47. The third kappa shape index (κ3) is 5.38. The zero-order chi connectivity index (χ0) is 22.6.